The molecule has 19 heavy (non-hydrogen) atoms. The maximum absolute atomic E-state index is 11.7. The van der Waals surface area contributed by atoms with E-state index in [1.165, 1.54) is 6.08 Å². The molecule has 96 valence electrons. The number of benzene rings is 1. The predicted molar refractivity (Wildman–Crippen MR) is 78.4 cm³/mol. The van der Waals surface area contributed by atoms with Crippen molar-refractivity contribution < 1.29 is 4.79 Å². The topological polar surface area (TPSA) is 42.0 Å². The molecule has 0 atom stereocenters. The zero-order chi connectivity index (χ0) is 13.7. The molecule has 0 bridgehead atoms. The molecule has 1 N–H and O–H groups in total. The fourth-order valence-corrected chi connectivity index (χ4v) is 1.99. The van der Waals surface area contributed by atoms with Gasteiger partial charge in [0, 0.05) is 22.3 Å². The van der Waals surface area contributed by atoms with Crippen LogP contribution in [0.3, 0.4) is 0 Å². The van der Waals surface area contributed by atoms with Crippen molar-refractivity contribution in [2.24, 2.45) is 0 Å². The number of pyridine rings is 1. The highest BCUT2D eigenvalue weighted by molar-refractivity contribution is 6.34. The summed E-state index contributed by atoms with van der Waals surface area (Å²) in [5, 5.41) is 3.69. The lowest BCUT2D eigenvalue weighted by Crippen LogP contribution is -2.08. The number of carbonyl (C=O) groups excluding carboxylic acids is 1. The zero-order valence-corrected chi connectivity index (χ0v) is 11.3. The molecule has 0 aliphatic heterocycles. The third-order valence-electron chi connectivity index (χ3n) is 2.23. The first-order valence-electron chi connectivity index (χ1n) is 5.50. The molecule has 1 aromatic carbocycles. The first-order valence-corrected chi connectivity index (χ1v) is 6.25. The Kier molecular flexibility index (Phi) is 4.55. The van der Waals surface area contributed by atoms with Gasteiger partial charge in [0.2, 0.25) is 5.91 Å². The number of rotatable bonds is 3. The summed E-state index contributed by atoms with van der Waals surface area (Å²) in [6.45, 7) is 0. The highest BCUT2D eigenvalue weighted by Crippen LogP contribution is 2.19. The zero-order valence-electron chi connectivity index (χ0n) is 9.81. The van der Waals surface area contributed by atoms with Gasteiger partial charge in [0.1, 0.15) is 5.82 Å². The second-order valence-corrected chi connectivity index (χ2v) is 4.61. The van der Waals surface area contributed by atoms with E-state index < -0.39 is 0 Å². The highest BCUT2D eigenvalue weighted by atomic mass is 35.5. The molecule has 0 saturated heterocycles. The number of hydrogen-bond acceptors (Lipinski definition) is 2. The molecule has 1 aromatic heterocycles. The third kappa shape index (κ3) is 4.39. The number of nitrogens with zero attached hydrogens (tertiary/aromatic N) is 1. The summed E-state index contributed by atoms with van der Waals surface area (Å²) in [5.74, 6) is 0.232. The average molecular weight is 293 g/mol. The Bertz CT molecular complexity index is 592. The van der Waals surface area contributed by atoms with Gasteiger partial charge in [0.05, 0.1) is 0 Å². The third-order valence-corrected chi connectivity index (χ3v) is 2.66. The molecule has 1 amide bonds. The molecule has 5 heteroatoms. The summed E-state index contributed by atoms with van der Waals surface area (Å²) in [6, 6.07) is 10.4. The first-order chi connectivity index (χ1) is 9.13. The van der Waals surface area contributed by atoms with E-state index in [9.17, 15) is 4.79 Å². The number of halogens is 2. The summed E-state index contributed by atoms with van der Waals surface area (Å²) in [7, 11) is 0. The van der Waals surface area contributed by atoms with Crippen LogP contribution in [0.1, 0.15) is 5.56 Å². The van der Waals surface area contributed by atoms with Gasteiger partial charge in [-0.1, -0.05) is 29.3 Å². The molecule has 0 fully saturated rings. The maximum Gasteiger partial charge on any atom is 0.249 e. The van der Waals surface area contributed by atoms with Gasteiger partial charge in [-0.25, -0.2) is 4.98 Å². The first kappa shape index (κ1) is 13.6. The van der Waals surface area contributed by atoms with Crippen molar-refractivity contribution in [3.8, 4) is 0 Å². The predicted octanol–water partition coefficient (Wildman–Crippen LogP) is 4.04. The molecular formula is C14H10Cl2N2O. The minimum absolute atomic E-state index is 0.269. The van der Waals surface area contributed by atoms with Crippen molar-refractivity contribution in [2.75, 3.05) is 5.32 Å². The van der Waals surface area contributed by atoms with Crippen molar-refractivity contribution >= 4 is 41.0 Å². The van der Waals surface area contributed by atoms with Gasteiger partial charge in [-0.15, -0.1) is 0 Å². The van der Waals surface area contributed by atoms with E-state index in [1.807, 2.05) is 0 Å². The maximum atomic E-state index is 11.7. The van der Waals surface area contributed by atoms with Gasteiger partial charge >= 0.3 is 0 Å². The molecule has 0 spiro atoms. The van der Waals surface area contributed by atoms with Gasteiger partial charge < -0.3 is 5.32 Å². The van der Waals surface area contributed by atoms with Crippen LogP contribution in [-0.2, 0) is 4.79 Å². The van der Waals surface area contributed by atoms with Crippen LogP contribution in [0, 0.1) is 0 Å². The van der Waals surface area contributed by atoms with Crippen LogP contribution >= 0.6 is 23.2 Å². The molecule has 0 aliphatic carbocycles. The second kappa shape index (κ2) is 6.36. The lowest BCUT2D eigenvalue weighted by Gasteiger charge is -2.00. The molecule has 1 heterocycles. The summed E-state index contributed by atoms with van der Waals surface area (Å²) in [5.41, 5.74) is 0.758. The number of carbonyl (C=O) groups is 1. The largest absolute Gasteiger partial charge is 0.307 e. The minimum Gasteiger partial charge on any atom is -0.307 e. The van der Waals surface area contributed by atoms with E-state index in [1.54, 1.807) is 48.7 Å². The molecule has 0 aliphatic rings. The van der Waals surface area contributed by atoms with Gasteiger partial charge in [-0.3, -0.25) is 4.79 Å². The van der Waals surface area contributed by atoms with Crippen LogP contribution in [0.5, 0.6) is 0 Å². The SMILES string of the molecule is O=C(/C=C/c1cc(Cl)cc(Cl)c1)Nc1ccccn1. The van der Waals surface area contributed by atoms with Crippen LogP contribution in [0.25, 0.3) is 6.08 Å². The van der Waals surface area contributed by atoms with E-state index in [4.69, 9.17) is 23.2 Å². The molecule has 2 rings (SSSR count). The fourth-order valence-electron chi connectivity index (χ4n) is 1.45. The van der Waals surface area contributed by atoms with E-state index in [0.29, 0.717) is 15.9 Å². The Labute approximate surface area is 120 Å². The standard InChI is InChI=1S/C14H10Cl2N2O/c15-11-7-10(8-12(16)9-11)4-5-14(19)18-13-3-1-2-6-17-13/h1-9H,(H,17,18,19)/b5-4+. The van der Waals surface area contributed by atoms with Gasteiger partial charge in [-0.2, -0.15) is 0 Å². The molecule has 0 saturated carbocycles. The van der Waals surface area contributed by atoms with Gasteiger partial charge in [0.15, 0.2) is 0 Å². The van der Waals surface area contributed by atoms with Crippen molar-refractivity contribution in [3.63, 3.8) is 0 Å². The molecular weight excluding hydrogens is 283 g/mol. The quantitative estimate of drug-likeness (QED) is 0.868. The fraction of sp³-hybridized carbons (Fsp3) is 0. The number of aromatic nitrogens is 1. The minimum atomic E-state index is -0.269. The summed E-state index contributed by atoms with van der Waals surface area (Å²) in [6.07, 6.45) is 4.64. The monoisotopic (exact) mass is 292 g/mol. The Hall–Kier alpha value is -1.84. The Balaban J connectivity index is 2.04. The van der Waals surface area contributed by atoms with Crippen molar-refractivity contribution in [1.29, 1.82) is 0 Å². The van der Waals surface area contributed by atoms with Crippen LogP contribution < -0.4 is 5.32 Å². The van der Waals surface area contributed by atoms with Crippen LogP contribution in [0.2, 0.25) is 10.0 Å². The number of nitrogens with one attached hydrogen (secondary N) is 1. The Morgan fingerprint density at radius 1 is 1.16 bits per heavy atom. The Morgan fingerprint density at radius 2 is 1.89 bits per heavy atom. The number of amides is 1. The Morgan fingerprint density at radius 3 is 2.53 bits per heavy atom. The molecule has 0 radical (unpaired) electrons. The number of hydrogen-bond donors (Lipinski definition) is 1. The van der Waals surface area contributed by atoms with E-state index >= 15 is 0 Å². The lowest BCUT2D eigenvalue weighted by molar-refractivity contribution is -0.111. The van der Waals surface area contributed by atoms with E-state index in [-0.39, 0.29) is 5.91 Å². The average Bonchev–Trinajstić information content (AvgIpc) is 2.36. The van der Waals surface area contributed by atoms with Crippen molar-refractivity contribution in [3.05, 3.63) is 64.3 Å². The normalized spacial score (nSPS) is 10.6. The van der Waals surface area contributed by atoms with Crippen LogP contribution in [0.15, 0.2) is 48.7 Å². The van der Waals surface area contributed by atoms with Crippen molar-refractivity contribution in [2.45, 2.75) is 0 Å². The molecule has 0 unspecified atom stereocenters. The van der Waals surface area contributed by atoms with Crippen LogP contribution in [-0.4, -0.2) is 10.9 Å². The summed E-state index contributed by atoms with van der Waals surface area (Å²) < 4.78 is 0. The number of anilines is 1. The van der Waals surface area contributed by atoms with E-state index in [2.05, 4.69) is 10.3 Å². The second-order valence-electron chi connectivity index (χ2n) is 3.74. The van der Waals surface area contributed by atoms with E-state index in [0.717, 1.165) is 5.56 Å². The van der Waals surface area contributed by atoms with Crippen LogP contribution in [0.4, 0.5) is 5.82 Å². The lowest BCUT2D eigenvalue weighted by atomic mass is 10.2. The van der Waals surface area contributed by atoms with Crippen molar-refractivity contribution in [1.82, 2.24) is 4.98 Å². The van der Waals surface area contributed by atoms with Gasteiger partial charge in [0.25, 0.3) is 0 Å². The smallest absolute Gasteiger partial charge is 0.249 e. The summed E-state index contributed by atoms with van der Waals surface area (Å²) in [4.78, 5) is 15.6. The highest BCUT2D eigenvalue weighted by Gasteiger charge is 1.99. The molecule has 2 aromatic rings. The van der Waals surface area contributed by atoms with Gasteiger partial charge in [-0.05, 0) is 42.0 Å². The summed E-state index contributed by atoms with van der Waals surface area (Å²) >= 11 is 11.7. The molecule has 3 nitrogen and oxygen atoms in total.